The van der Waals surface area contributed by atoms with Crippen molar-refractivity contribution in [3.8, 4) is 5.75 Å². The average molecular weight is 465 g/mol. The fourth-order valence-electron chi connectivity index (χ4n) is 3.30. The zero-order chi connectivity index (χ0) is 23.1. The van der Waals surface area contributed by atoms with Gasteiger partial charge < -0.3 is 19.4 Å². The molecule has 11 heteroatoms. The summed E-state index contributed by atoms with van der Waals surface area (Å²) in [5, 5.41) is 2.63. The number of esters is 1. The van der Waals surface area contributed by atoms with Crippen molar-refractivity contribution in [2.75, 3.05) is 32.8 Å². The van der Waals surface area contributed by atoms with Gasteiger partial charge in [-0.05, 0) is 31.9 Å². The second-order valence-corrected chi connectivity index (χ2v) is 9.42. The standard InChI is InChI=1S/C21H28N4O6S/c1-16-23-20(14-24(16)2)32(28,29)25-11-8-17(9-12-25)21(27)31-15-19(26)22-10-13-30-18-6-4-3-5-7-18/h3-7,14,17H,8-13,15H2,1-2H3,(H,22,26). The summed E-state index contributed by atoms with van der Waals surface area (Å²) < 4.78 is 39.0. The van der Waals surface area contributed by atoms with Gasteiger partial charge >= 0.3 is 5.97 Å². The highest BCUT2D eigenvalue weighted by Crippen LogP contribution is 2.24. The van der Waals surface area contributed by atoms with Crippen LogP contribution in [-0.2, 0) is 31.4 Å². The lowest BCUT2D eigenvalue weighted by molar-refractivity contribution is -0.153. The first-order valence-corrected chi connectivity index (χ1v) is 11.8. The summed E-state index contributed by atoms with van der Waals surface area (Å²) in [5.74, 6) is -0.0419. The van der Waals surface area contributed by atoms with Crippen molar-refractivity contribution in [2.24, 2.45) is 13.0 Å². The Balaban J connectivity index is 1.36. The molecule has 0 spiro atoms. The van der Waals surface area contributed by atoms with E-state index in [1.54, 1.807) is 18.5 Å². The summed E-state index contributed by atoms with van der Waals surface area (Å²) in [6, 6.07) is 9.22. The van der Waals surface area contributed by atoms with Gasteiger partial charge in [-0.25, -0.2) is 13.4 Å². The normalized spacial score (nSPS) is 15.3. The number of hydrogen-bond donors (Lipinski definition) is 1. The van der Waals surface area contributed by atoms with Crippen molar-refractivity contribution in [1.29, 1.82) is 0 Å². The zero-order valence-corrected chi connectivity index (χ0v) is 19.0. The van der Waals surface area contributed by atoms with Crippen molar-refractivity contribution in [3.63, 3.8) is 0 Å². The molecule has 1 aliphatic heterocycles. The maximum Gasteiger partial charge on any atom is 0.309 e. The van der Waals surface area contributed by atoms with Gasteiger partial charge in [-0.2, -0.15) is 4.31 Å². The van der Waals surface area contributed by atoms with E-state index >= 15 is 0 Å². The summed E-state index contributed by atoms with van der Waals surface area (Å²) >= 11 is 0. The molecule has 174 valence electrons. The molecule has 3 rings (SSSR count). The molecule has 1 aromatic heterocycles. The lowest BCUT2D eigenvalue weighted by atomic mass is 9.98. The third kappa shape index (κ3) is 6.07. The van der Waals surface area contributed by atoms with Crippen LogP contribution in [0.1, 0.15) is 18.7 Å². The number of hydrogen-bond acceptors (Lipinski definition) is 7. The van der Waals surface area contributed by atoms with Crippen molar-refractivity contribution < 1.29 is 27.5 Å². The van der Waals surface area contributed by atoms with Gasteiger partial charge in [0, 0.05) is 26.3 Å². The number of carbonyl (C=O) groups excluding carboxylic acids is 2. The number of piperidine rings is 1. The highest BCUT2D eigenvalue weighted by atomic mass is 32.2. The van der Waals surface area contributed by atoms with Crippen molar-refractivity contribution in [1.82, 2.24) is 19.2 Å². The topological polar surface area (TPSA) is 120 Å². The number of rotatable bonds is 9. The largest absolute Gasteiger partial charge is 0.492 e. The van der Waals surface area contributed by atoms with Gasteiger partial charge in [-0.3, -0.25) is 9.59 Å². The molecule has 0 aliphatic carbocycles. The van der Waals surface area contributed by atoms with E-state index in [1.165, 1.54) is 10.5 Å². The van der Waals surface area contributed by atoms with Crippen LogP contribution in [0.2, 0.25) is 0 Å². The Hall–Kier alpha value is -2.92. The molecule has 2 aromatic rings. The summed E-state index contributed by atoms with van der Waals surface area (Å²) in [6.45, 7) is 2.33. The minimum Gasteiger partial charge on any atom is -0.492 e. The number of imidazole rings is 1. The van der Waals surface area contributed by atoms with Gasteiger partial charge in [0.15, 0.2) is 11.6 Å². The second kappa shape index (κ2) is 10.6. The number of ether oxygens (including phenoxy) is 2. The van der Waals surface area contributed by atoms with Crippen molar-refractivity contribution in [3.05, 3.63) is 42.4 Å². The van der Waals surface area contributed by atoms with Crippen LogP contribution >= 0.6 is 0 Å². The second-order valence-electron chi connectivity index (χ2n) is 7.53. The molecule has 10 nitrogen and oxygen atoms in total. The molecule has 1 N–H and O–H groups in total. The summed E-state index contributed by atoms with van der Waals surface area (Å²) in [5.41, 5.74) is 0. The number of nitrogens with one attached hydrogen (secondary N) is 1. The van der Waals surface area contributed by atoms with Crippen LogP contribution in [0.5, 0.6) is 5.75 Å². The number of sulfonamides is 1. The number of amides is 1. The van der Waals surface area contributed by atoms with E-state index in [4.69, 9.17) is 9.47 Å². The fourth-order valence-corrected chi connectivity index (χ4v) is 4.79. The van der Waals surface area contributed by atoms with Crippen LogP contribution in [0.4, 0.5) is 0 Å². The summed E-state index contributed by atoms with van der Waals surface area (Å²) in [6.07, 6.45) is 2.14. The number of benzene rings is 1. The van der Waals surface area contributed by atoms with E-state index in [0.717, 1.165) is 0 Å². The SMILES string of the molecule is Cc1nc(S(=O)(=O)N2CCC(C(=O)OCC(=O)NCCOc3ccccc3)CC2)cn1C. The first kappa shape index (κ1) is 23.7. The molecule has 1 aromatic carbocycles. The van der Waals surface area contributed by atoms with Crippen LogP contribution in [0, 0.1) is 12.8 Å². The Morgan fingerprint density at radius 2 is 1.88 bits per heavy atom. The summed E-state index contributed by atoms with van der Waals surface area (Å²) in [4.78, 5) is 28.2. The maximum absolute atomic E-state index is 12.7. The van der Waals surface area contributed by atoms with E-state index in [0.29, 0.717) is 31.0 Å². The fraction of sp³-hybridized carbons (Fsp3) is 0.476. The number of nitrogens with zero attached hydrogens (tertiary/aromatic N) is 3. The van der Waals surface area contributed by atoms with E-state index in [9.17, 15) is 18.0 Å². The van der Waals surface area contributed by atoms with Crippen LogP contribution < -0.4 is 10.1 Å². The van der Waals surface area contributed by atoms with Gasteiger partial charge in [0.25, 0.3) is 15.9 Å². The van der Waals surface area contributed by atoms with Crippen LogP contribution in [0.3, 0.4) is 0 Å². The van der Waals surface area contributed by atoms with Crippen LogP contribution in [0.25, 0.3) is 0 Å². The lowest BCUT2D eigenvalue weighted by Gasteiger charge is -2.29. The highest BCUT2D eigenvalue weighted by molar-refractivity contribution is 7.89. The average Bonchev–Trinajstić information content (AvgIpc) is 3.15. The molecule has 1 fully saturated rings. The first-order valence-electron chi connectivity index (χ1n) is 10.4. The van der Waals surface area contributed by atoms with Gasteiger partial charge in [-0.1, -0.05) is 18.2 Å². The Morgan fingerprint density at radius 1 is 1.19 bits per heavy atom. The number of aromatic nitrogens is 2. The minimum absolute atomic E-state index is 0.00596. The van der Waals surface area contributed by atoms with E-state index in [-0.39, 0.29) is 31.3 Å². The van der Waals surface area contributed by atoms with E-state index in [1.807, 2.05) is 30.3 Å². The predicted molar refractivity (Wildman–Crippen MR) is 115 cm³/mol. The summed E-state index contributed by atoms with van der Waals surface area (Å²) in [7, 11) is -1.97. The van der Waals surface area contributed by atoms with E-state index in [2.05, 4.69) is 10.3 Å². The third-order valence-corrected chi connectivity index (χ3v) is 7.03. The van der Waals surface area contributed by atoms with Gasteiger partial charge in [-0.15, -0.1) is 0 Å². The molecule has 1 saturated heterocycles. The smallest absolute Gasteiger partial charge is 0.309 e. The molecule has 32 heavy (non-hydrogen) atoms. The molecule has 0 atom stereocenters. The number of carbonyl (C=O) groups is 2. The first-order chi connectivity index (χ1) is 15.3. The maximum atomic E-state index is 12.7. The number of aryl methyl sites for hydroxylation is 2. The van der Waals surface area contributed by atoms with Crippen LogP contribution in [-0.4, -0.2) is 67.0 Å². The molecule has 1 amide bonds. The monoisotopic (exact) mass is 464 g/mol. The molecular weight excluding hydrogens is 436 g/mol. The van der Waals surface area contributed by atoms with Crippen molar-refractivity contribution >= 4 is 21.9 Å². The third-order valence-electron chi connectivity index (χ3n) is 5.26. The van der Waals surface area contributed by atoms with Gasteiger partial charge in [0.05, 0.1) is 12.5 Å². The Morgan fingerprint density at radius 3 is 2.50 bits per heavy atom. The Kier molecular flexibility index (Phi) is 7.86. The number of para-hydroxylation sites is 1. The highest BCUT2D eigenvalue weighted by Gasteiger charge is 2.34. The Labute approximate surface area is 187 Å². The Bertz CT molecular complexity index is 1010. The quantitative estimate of drug-likeness (QED) is 0.432. The van der Waals surface area contributed by atoms with Gasteiger partial charge in [0.2, 0.25) is 0 Å². The zero-order valence-electron chi connectivity index (χ0n) is 18.2. The molecule has 0 bridgehead atoms. The molecule has 1 aliphatic rings. The molecular formula is C21H28N4O6S. The van der Waals surface area contributed by atoms with E-state index < -0.39 is 27.8 Å². The minimum atomic E-state index is -3.70. The molecule has 0 saturated carbocycles. The molecule has 2 heterocycles. The van der Waals surface area contributed by atoms with Crippen molar-refractivity contribution in [2.45, 2.75) is 24.8 Å². The van der Waals surface area contributed by atoms with Gasteiger partial charge in [0.1, 0.15) is 18.2 Å². The predicted octanol–water partition coefficient (Wildman–Crippen LogP) is 0.868. The molecule has 0 radical (unpaired) electrons. The lowest BCUT2D eigenvalue weighted by Crippen LogP contribution is -2.41. The molecule has 0 unspecified atom stereocenters. The van der Waals surface area contributed by atoms with Crippen LogP contribution in [0.15, 0.2) is 41.6 Å².